The third kappa shape index (κ3) is 5.31. The van der Waals surface area contributed by atoms with E-state index in [1.807, 2.05) is 42.5 Å². The molecule has 0 heterocycles. The van der Waals surface area contributed by atoms with Crippen LogP contribution in [0, 0.1) is 0 Å². The van der Waals surface area contributed by atoms with Crippen LogP contribution in [0.15, 0.2) is 65.1 Å². The number of anilines is 1. The standard InChI is InChI=1S/C20H15BrCl3NO/c21-15-3-8-20(26-12-13-1-4-16(22)5-2-13)14(9-15)11-25-19-10-17(23)6-7-18(19)24/h1-10,25H,11-12H2. The third-order valence-electron chi connectivity index (χ3n) is 3.73. The summed E-state index contributed by atoms with van der Waals surface area (Å²) in [4.78, 5) is 0. The lowest BCUT2D eigenvalue weighted by atomic mass is 10.2. The van der Waals surface area contributed by atoms with E-state index >= 15 is 0 Å². The minimum atomic E-state index is 0.462. The molecule has 1 N–H and O–H groups in total. The second-order valence-electron chi connectivity index (χ2n) is 5.64. The van der Waals surface area contributed by atoms with E-state index in [0.29, 0.717) is 28.2 Å². The van der Waals surface area contributed by atoms with Crippen molar-refractivity contribution in [1.29, 1.82) is 0 Å². The predicted octanol–water partition coefficient (Wildman–Crippen LogP) is 7.60. The molecule has 3 rings (SSSR count). The molecular formula is C20H15BrCl3NO. The molecule has 134 valence electrons. The van der Waals surface area contributed by atoms with E-state index in [1.54, 1.807) is 18.2 Å². The van der Waals surface area contributed by atoms with Gasteiger partial charge in [-0.25, -0.2) is 0 Å². The molecule has 0 saturated heterocycles. The van der Waals surface area contributed by atoms with Gasteiger partial charge in [0.25, 0.3) is 0 Å². The lowest BCUT2D eigenvalue weighted by Gasteiger charge is -2.14. The van der Waals surface area contributed by atoms with Gasteiger partial charge in [-0.1, -0.05) is 62.9 Å². The molecule has 0 atom stereocenters. The Bertz CT molecular complexity index is 900. The summed E-state index contributed by atoms with van der Waals surface area (Å²) in [6, 6.07) is 18.8. The van der Waals surface area contributed by atoms with E-state index in [2.05, 4.69) is 21.2 Å². The molecule has 3 aromatic carbocycles. The topological polar surface area (TPSA) is 21.3 Å². The summed E-state index contributed by atoms with van der Waals surface area (Å²) < 4.78 is 6.97. The van der Waals surface area contributed by atoms with Crippen molar-refractivity contribution in [2.24, 2.45) is 0 Å². The van der Waals surface area contributed by atoms with Gasteiger partial charge >= 0.3 is 0 Å². The maximum Gasteiger partial charge on any atom is 0.124 e. The zero-order valence-corrected chi connectivity index (χ0v) is 17.5. The maximum atomic E-state index is 6.22. The number of rotatable bonds is 6. The Labute approximate surface area is 176 Å². The van der Waals surface area contributed by atoms with Gasteiger partial charge in [-0.3, -0.25) is 0 Å². The quantitative estimate of drug-likeness (QED) is 0.400. The van der Waals surface area contributed by atoms with Gasteiger partial charge in [-0.05, 0) is 54.1 Å². The monoisotopic (exact) mass is 469 g/mol. The predicted molar refractivity (Wildman–Crippen MR) is 114 cm³/mol. The van der Waals surface area contributed by atoms with Gasteiger partial charge < -0.3 is 10.1 Å². The molecule has 0 spiro atoms. The van der Waals surface area contributed by atoms with Crippen LogP contribution >= 0.6 is 50.7 Å². The summed E-state index contributed by atoms with van der Waals surface area (Å²) >= 11 is 21.7. The number of benzene rings is 3. The van der Waals surface area contributed by atoms with Crippen molar-refractivity contribution in [3.8, 4) is 5.75 Å². The fourth-order valence-electron chi connectivity index (χ4n) is 2.39. The SMILES string of the molecule is Clc1ccc(COc2ccc(Br)cc2CNc2cc(Cl)ccc2Cl)cc1. The Kier molecular flexibility index (Phi) is 6.71. The lowest BCUT2D eigenvalue weighted by Crippen LogP contribution is -2.04. The first-order valence-corrected chi connectivity index (χ1v) is 9.78. The number of hydrogen-bond donors (Lipinski definition) is 1. The summed E-state index contributed by atoms with van der Waals surface area (Å²) in [5, 5.41) is 5.27. The molecule has 0 amide bonds. The molecule has 0 aliphatic heterocycles. The molecule has 6 heteroatoms. The molecule has 0 aliphatic carbocycles. The number of ether oxygens (including phenoxy) is 1. The van der Waals surface area contributed by atoms with Crippen LogP contribution in [0.3, 0.4) is 0 Å². The molecule has 0 fully saturated rings. The zero-order valence-electron chi connectivity index (χ0n) is 13.6. The van der Waals surface area contributed by atoms with Gasteiger partial charge in [0, 0.05) is 26.6 Å². The highest BCUT2D eigenvalue weighted by Crippen LogP contribution is 2.29. The molecule has 0 radical (unpaired) electrons. The summed E-state index contributed by atoms with van der Waals surface area (Å²) in [5.41, 5.74) is 2.83. The van der Waals surface area contributed by atoms with Gasteiger partial charge in [0.15, 0.2) is 0 Å². The van der Waals surface area contributed by atoms with Crippen LogP contribution in [0.5, 0.6) is 5.75 Å². The maximum absolute atomic E-state index is 6.22. The molecule has 26 heavy (non-hydrogen) atoms. The Hall–Kier alpha value is -1.39. The van der Waals surface area contributed by atoms with Crippen molar-refractivity contribution >= 4 is 56.4 Å². The third-order valence-corrected chi connectivity index (χ3v) is 5.04. The smallest absolute Gasteiger partial charge is 0.124 e. The van der Waals surface area contributed by atoms with E-state index in [0.717, 1.165) is 27.0 Å². The summed E-state index contributed by atoms with van der Waals surface area (Å²) in [6.07, 6.45) is 0. The first kappa shape index (κ1) is 19.4. The second-order valence-corrected chi connectivity index (χ2v) is 7.84. The average Bonchev–Trinajstić information content (AvgIpc) is 2.63. The first-order chi connectivity index (χ1) is 12.5. The van der Waals surface area contributed by atoms with E-state index in [-0.39, 0.29) is 0 Å². The zero-order chi connectivity index (χ0) is 18.5. The molecule has 0 aliphatic rings. The van der Waals surface area contributed by atoms with Crippen LogP contribution in [-0.2, 0) is 13.2 Å². The Morgan fingerprint density at radius 2 is 1.58 bits per heavy atom. The summed E-state index contributed by atoms with van der Waals surface area (Å²) in [7, 11) is 0. The van der Waals surface area contributed by atoms with E-state index in [4.69, 9.17) is 39.5 Å². The van der Waals surface area contributed by atoms with Gasteiger partial charge in [0.1, 0.15) is 12.4 Å². The summed E-state index contributed by atoms with van der Waals surface area (Å²) in [5.74, 6) is 0.800. The Balaban J connectivity index is 1.73. The van der Waals surface area contributed by atoms with E-state index in [1.165, 1.54) is 0 Å². The number of halogens is 4. The molecule has 0 saturated carbocycles. The van der Waals surface area contributed by atoms with Crippen LogP contribution in [-0.4, -0.2) is 0 Å². The molecule has 2 nitrogen and oxygen atoms in total. The van der Waals surface area contributed by atoms with E-state index < -0.39 is 0 Å². The minimum Gasteiger partial charge on any atom is -0.489 e. The number of nitrogens with one attached hydrogen (secondary N) is 1. The number of hydrogen-bond acceptors (Lipinski definition) is 2. The van der Waals surface area contributed by atoms with Crippen molar-refractivity contribution < 1.29 is 4.74 Å². The normalized spacial score (nSPS) is 10.6. The lowest BCUT2D eigenvalue weighted by molar-refractivity contribution is 0.303. The van der Waals surface area contributed by atoms with Gasteiger partial charge in [0.05, 0.1) is 10.7 Å². The van der Waals surface area contributed by atoms with Crippen LogP contribution in [0.4, 0.5) is 5.69 Å². The Morgan fingerprint density at radius 3 is 2.35 bits per heavy atom. The van der Waals surface area contributed by atoms with Crippen LogP contribution < -0.4 is 10.1 Å². The fourth-order valence-corrected chi connectivity index (χ4v) is 3.28. The largest absolute Gasteiger partial charge is 0.489 e. The highest BCUT2D eigenvalue weighted by molar-refractivity contribution is 9.10. The molecule has 0 bridgehead atoms. The minimum absolute atomic E-state index is 0.462. The second kappa shape index (κ2) is 9.01. The van der Waals surface area contributed by atoms with E-state index in [9.17, 15) is 0 Å². The fraction of sp³-hybridized carbons (Fsp3) is 0.100. The van der Waals surface area contributed by atoms with Gasteiger partial charge in [0.2, 0.25) is 0 Å². The average molecular weight is 472 g/mol. The van der Waals surface area contributed by atoms with Crippen molar-refractivity contribution in [2.75, 3.05) is 5.32 Å². The summed E-state index contributed by atoms with van der Waals surface area (Å²) in [6.45, 7) is 1.01. The molecule has 0 aromatic heterocycles. The van der Waals surface area contributed by atoms with Crippen molar-refractivity contribution in [2.45, 2.75) is 13.2 Å². The van der Waals surface area contributed by atoms with Gasteiger partial charge in [-0.15, -0.1) is 0 Å². The van der Waals surface area contributed by atoms with Crippen LogP contribution in [0.2, 0.25) is 15.1 Å². The van der Waals surface area contributed by atoms with Crippen molar-refractivity contribution in [3.05, 3.63) is 91.3 Å². The van der Waals surface area contributed by atoms with Crippen molar-refractivity contribution in [3.63, 3.8) is 0 Å². The van der Waals surface area contributed by atoms with Crippen molar-refractivity contribution in [1.82, 2.24) is 0 Å². The van der Waals surface area contributed by atoms with Gasteiger partial charge in [-0.2, -0.15) is 0 Å². The van der Waals surface area contributed by atoms with Crippen LogP contribution in [0.1, 0.15) is 11.1 Å². The Morgan fingerprint density at radius 1 is 0.846 bits per heavy atom. The molecular weight excluding hydrogens is 456 g/mol. The highest BCUT2D eigenvalue weighted by Gasteiger charge is 2.08. The van der Waals surface area contributed by atoms with Crippen LogP contribution in [0.25, 0.3) is 0 Å². The first-order valence-electron chi connectivity index (χ1n) is 7.86. The highest BCUT2D eigenvalue weighted by atomic mass is 79.9. The molecule has 3 aromatic rings. The molecule has 0 unspecified atom stereocenters.